The Morgan fingerprint density at radius 2 is 1.72 bits per heavy atom. The Hall–Kier alpha value is -1.39. The first-order chi connectivity index (χ1) is 8.58. The van der Waals surface area contributed by atoms with Crippen molar-refractivity contribution in [2.75, 3.05) is 33.2 Å². The molecule has 1 aromatic carbocycles. The molecule has 1 aromatic rings. The first-order valence-corrected chi connectivity index (χ1v) is 6.30. The van der Waals surface area contributed by atoms with Gasteiger partial charge in [-0.25, -0.2) is 0 Å². The molecule has 2 rings (SSSR count). The maximum atomic E-state index is 11.5. The lowest BCUT2D eigenvalue weighted by atomic mass is 10.0. The number of carboxylic acids is 1. The van der Waals surface area contributed by atoms with E-state index in [1.54, 1.807) is 0 Å². The number of carbonyl (C=O) groups is 1. The summed E-state index contributed by atoms with van der Waals surface area (Å²) in [6, 6.07) is 7.28. The second-order valence-electron chi connectivity index (χ2n) is 4.99. The molecular weight excluding hydrogens is 228 g/mol. The van der Waals surface area contributed by atoms with Crippen LogP contribution >= 0.6 is 0 Å². The van der Waals surface area contributed by atoms with Gasteiger partial charge in [-0.15, -0.1) is 0 Å². The minimum absolute atomic E-state index is 0.515. The van der Waals surface area contributed by atoms with Crippen molar-refractivity contribution in [3.63, 3.8) is 0 Å². The molecule has 0 bridgehead atoms. The Labute approximate surface area is 108 Å². The Balaban J connectivity index is 2.18. The molecule has 1 saturated heterocycles. The highest BCUT2D eigenvalue weighted by atomic mass is 16.4. The summed E-state index contributed by atoms with van der Waals surface area (Å²) in [6.07, 6.45) is 0. The minimum Gasteiger partial charge on any atom is -0.480 e. The van der Waals surface area contributed by atoms with E-state index in [0.29, 0.717) is 0 Å². The fourth-order valence-corrected chi connectivity index (χ4v) is 2.34. The highest BCUT2D eigenvalue weighted by Gasteiger charge is 2.29. The van der Waals surface area contributed by atoms with Gasteiger partial charge in [-0.05, 0) is 19.5 Å². The van der Waals surface area contributed by atoms with Crippen LogP contribution < -0.4 is 0 Å². The number of hydrogen-bond acceptors (Lipinski definition) is 3. The van der Waals surface area contributed by atoms with Crippen molar-refractivity contribution in [2.45, 2.75) is 13.0 Å². The van der Waals surface area contributed by atoms with Crippen LogP contribution in [0, 0.1) is 6.92 Å². The fourth-order valence-electron chi connectivity index (χ4n) is 2.34. The monoisotopic (exact) mass is 248 g/mol. The topological polar surface area (TPSA) is 43.8 Å². The van der Waals surface area contributed by atoms with Gasteiger partial charge in [0.1, 0.15) is 6.04 Å². The predicted molar refractivity (Wildman–Crippen MR) is 70.6 cm³/mol. The number of nitrogens with zero attached hydrogens (tertiary/aromatic N) is 2. The summed E-state index contributed by atoms with van der Waals surface area (Å²) in [4.78, 5) is 15.8. The predicted octanol–water partition coefficient (Wildman–Crippen LogP) is 1.37. The lowest BCUT2D eigenvalue weighted by Gasteiger charge is -2.36. The van der Waals surface area contributed by atoms with Crippen LogP contribution in [0.5, 0.6) is 0 Å². The maximum Gasteiger partial charge on any atom is 0.325 e. The van der Waals surface area contributed by atoms with Gasteiger partial charge in [0, 0.05) is 26.2 Å². The van der Waals surface area contributed by atoms with Gasteiger partial charge in [0.05, 0.1) is 0 Å². The van der Waals surface area contributed by atoms with Crippen LogP contribution in [0.1, 0.15) is 17.2 Å². The molecular formula is C14H20N2O2. The van der Waals surface area contributed by atoms with E-state index in [9.17, 15) is 9.90 Å². The molecule has 0 saturated carbocycles. The zero-order chi connectivity index (χ0) is 13.1. The van der Waals surface area contributed by atoms with Gasteiger partial charge in [-0.3, -0.25) is 9.69 Å². The lowest BCUT2D eigenvalue weighted by Crippen LogP contribution is -2.47. The zero-order valence-electron chi connectivity index (χ0n) is 11.0. The van der Waals surface area contributed by atoms with Crippen molar-refractivity contribution in [3.8, 4) is 0 Å². The van der Waals surface area contributed by atoms with Crippen LogP contribution in [0.2, 0.25) is 0 Å². The van der Waals surface area contributed by atoms with E-state index in [4.69, 9.17) is 0 Å². The van der Waals surface area contributed by atoms with Crippen molar-refractivity contribution in [2.24, 2.45) is 0 Å². The summed E-state index contributed by atoms with van der Waals surface area (Å²) in [5.41, 5.74) is 2.03. The molecule has 4 nitrogen and oxygen atoms in total. The smallest absolute Gasteiger partial charge is 0.325 e. The van der Waals surface area contributed by atoms with Gasteiger partial charge in [0.25, 0.3) is 0 Å². The van der Waals surface area contributed by atoms with Crippen LogP contribution in [0.15, 0.2) is 24.3 Å². The van der Waals surface area contributed by atoms with Crippen LogP contribution in [-0.2, 0) is 4.79 Å². The fraction of sp³-hybridized carbons (Fsp3) is 0.500. The van der Waals surface area contributed by atoms with Gasteiger partial charge in [0.2, 0.25) is 0 Å². The third-order valence-corrected chi connectivity index (χ3v) is 3.53. The first-order valence-electron chi connectivity index (χ1n) is 6.30. The van der Waals surface area contributed by atoms with Crippen molar-refractivity contribution in [1.29, 1.82) is 0 Å². The van der Waals surface area contributed by atoms with Gasteiger partial charge in [-0.2, -0.15) is 0 Å². The minimum atomic E-state index is -0.761. The Morgan fingerprint density at radius 1 is 1.17 bits per heavy atom. The summed E-state index contributed by atoms with van der Waals surface area (Å²) in [5, 5.41) is 9.46. The Morgan fingerprint density at radius 3 is 2.22 bits per heavy atom. The van der Waals surface area contributed by atoms with Gasteiger partial charge in [-0.1, -0.05) is 29.8 Å². The summed E-state index contributed by atoms with van der Waals surface area (Å²) in [5.74, 6) is -0.761. The van der Waals surface area contributed by atoms with Crippen LogP contribution in [0.4, 0.5) is 0 Å². The first kappa shape index (κ1) is 13.1. The summed E-state index contributed by atoms with van der Waals surface area (Å²) in [7, 11) is 2.07. The highest BCUT2D eigenvalue weighted by Crippen LogP contribution is 2.22. The van der Waals surface area contributed by atoms with Crippen molar-refractivity contribution < 1.29 is 9.90 Å². The van der Waals surface area contributed by atoms with Crippen LogP contribution in [0.3, 0.4) is 0 Å². The quantitative estimate of drug-likeness (QED) is 0.877. The standard InChI is InChI=1S/C14H20N2O2/c1-11-3-5-12(6-4-11)13(14(17)18)16-9-7-15(2)8-10-16/h3-6,13H,7-10H2,1-2H3,(H,17,18). The number of hydrogen-bond donors (Lipinski definition) is 1. The molecule has 1 aliphatic heterocycles. The van der Waals surface area contributed by atoms with Crippen LogP contribution in [0.25, 0.3) is 0 Å². The number of piperazine rings is 1. The second kappa shape index (κ2) is 5.50. The summed E-state index contributed by atoms with van der Waals surface area (Å²) >= 11 is 0. The molecule has 1 unspecified atom stereocenters. The Bertz CT molecular complexity index is 408. The number of carboxylic acid groups (broad SMARTS) is 1. The molecule has 1 atom stereocenters. The van der Waals surface area contributed by atoms with E-state index in [1.165, 1.54) is 0 Å². The summed E-state index contributed by atoms with van der Waals surface area (Å²) in [6.45, 7) is 5.48. The molecule has 0 aromatic heterocycles. The molecule has 18 heavy (non-hydrogen) atoms. The molecule has 1 aliphatic rings. The molecule has 4 heteroatoms. The normalized spacial score (nSPS) is 19.7. The van der Waals surface area contributed by atoms with Gasteiger partial charge in [0.15, 0.2) is 0 Å². The third kappa shape index (κ3) is 2.89. The van der Waals surface area contributed by atoms with Crippen molar-refractivity contribution >= 4 is 5.97 Å². The van der Waals surface area contributed by atoms with Crippen molar-refractivity contribution in [3.05, 3.63) is 35.4 Å². The largest absolute Gasteiger partial charge is 0.480 e. The molecule has 0 aliphatic carbocycles. The van der Waals surface area contributed by atoms with E-state index < -0.39 is 12.0 Å². The van der Waals surface area contributed by atoms with E-state index in [1.807, 2.05) is 36.1 Å². The summed E-state index contributed by atoms with van der Waals surface area (Å²) < 4.78 is 0. The molecule has 1 N–H and O–H groups in total. The molecule has 98 valence electrons. The Kier molecular flexibility index (Phi) is 3.99. The number of benzene rings is 1. The molecule has 1 fully saturated rings. The molecule has 0 spiro atoms. The highest BCUT2D eigenvalue weighted by molar-refractivity contribution is 5.75. The van der Waals surface area contributed by atoms with E-state index in [0.717, 1.165) is 37.3 Å². The van der Waals surface area contributed by atoms with Gasteiger partial charge < -0.3 is 10.0 Å². The zero-order valence-corrected chi connectivity index (χ0v) is 11.0. The molecule has 0 amide bonds. The average molecular weight is 248 g/mol. The molecule has 1 heterocycles. The number of likely N-dealkylation sites (N-methyl/N-ethyl adjacent to an activating group) is 1. The van der Waals surface area contributed by atoms with Crippen molar-refractivity contribution in [1.82, 2.24) is 9.80 Å². The maximum absolute atomic E-state index is 11.5. The third-order valence-electron chi connectivity index (χ3n) is 3.53. The number of aliphatic carboxylic acids is 1. The van der Waals surface area contributed by atoms with Crippen LogP contribution in [-0.4, -0.2) is 54.1 Å². The average Bonchev–Trinajstić information content (AvgIpc) is 2.34. The number of rotatable bonds is 3. The number of aryl methyl sites for hydroxylation is 1. The lowest BCUT2D eigenvalue weighted by molar-refractivity contribution is -0.144. The van der Waals surface area contributed by atoms with Gasteiger partial charge >= 0.3 is 5.97 Å². The van der Waals surface area contributed by atoms with E-state index in [2.05, 4.69) is 11.9 Å². The second-order valence-corrected chi connectivity index (χ2v) is 4.99. The SMILES string of the molecule is Cc1ccc(C(C(=O)O)N2CCN(C)CC2)cc1. The molecule has 0 radical (unpaired) electrons. The van der Waals surface area contributed by atoms with E-state index >= 15 is 0 Å². The van der Waals surface area contributed by atoms with E-state index in [-0.39, 0.29) is 0 Å².